The van der Waals surface area contributed by atoms with E-state index in [1.54, 1.807) is 6.21 Å². The van der Waals surface area contributed by atoms with Crippen molar-refractivity contribution in [2.45, 2.75) is 45.6 Å². The number of anilines is 1. The van der Waals surface area contributed by atoms with Crippen molar-refractivity contribution in [2.24, 2.45) is 5.10 Å². The van der Waals surface area contributed by atoms with Gasteiger partial charge in [-0.25, -0.2) is 5.43 Å². The van der Waals surface area contributed by atoms with Gasteiger partial charge in [-0.15, -0.1) is 0 Å². The van der Waals surface area contributed by atoms with Crippen molar-refractivity contribution in [2.75, 3.05) is 11.4 Å². The van der Waals surface area contributed by atoms with E-state index < -0.39 is 0 Å². The van der Waals surface area contributed by atoms with Crippen molar-refractivity contribution in [3.63, 3.8) is 0 Å². The van der Waals surface area contributed by atoms with Crippen LogP contribution in [0.15, 0.2) is 65.8 Å². The minimum absolute atomic E-state index is 0.157. The molecule has 0 fully saturated rings. The maximum atomic E-state index is 12.5. The Morgan fingerprint density at radius 2 is 1.90 bits per heavy atom. The van der Waals surface area contributed by atoms with Gasteiger partial charge < -0.3 is 4.90 Å². The number of fused-ring (bicyclic) bond motifs is 2. The van der Waals surface area contributed by atoms with E-state index in [-0.39, 0.29) is 11.4 Å². The molecule has 1 unspecified atom stereocenters. The molecular formula is C26H29N3O. The van der Waals surface area contributed by atoms with E-state index in [9.17, 15) is 4.79 Å². The summed E-state index contributed by atoms with van der Waals surface area (Å²) in [6.45, 7) is 10.1. The van der Waals surface area contributed by atoms with E-state index >= 15 is 0 Å². The summed E-state index contributed by atoms with van der Waals surface area (Å²) in [5, 5.41) is 6.36. The molecule has 0 saturated carbocycles. The lowest BCUT2D eigenvalue weighted by Gasteiger charge is -2.47. The molecule has 0 saturated heterocycles. The molecule has 3 aromatic carbocycles. The van der Waals surface area contributed by atoms with Gasteiger partial charge in [0.25, 0.3) is 5.91 Å². The first-order valence-electron chi connectivity index (χ1n) is 10.6. The van der Waals surface area contributed by atoms with Crippen LogP contribution < -0.4 is 10.3 Å². The lowest BCUT2D eigenvalue weighted by atomic mass is 9.79. The Morgan fingerprint density at radius 3 is 2.67 bits per heavy atom. The number of carbonyl (C=O) groups is 1. The van der Waals surface area contributed by atoms with Gasteiger partial charge in [0.1, 0.15) is 0 Å². The number of hydrazone groups is 1. The van der Waals surface area contributed by atoms with Crippen LogP contribution in [0.3, 0.4) is 0 Å². The largest absolute Gasteiger partial charge is 0.366 e. The Morgan fingerprint density at radius 1 is 1.13 bits per heavy atom. The highest BCUT2D eigenvalue weighted by Crippen LogP contribution is 2.43. The van der Waals surface area contributed by atoms with E-state index in [4.69, 9.17) is 0 Å². The van der Waals surface area contributed by atoms with Gasteiger partial charge in [-0.2, -0.15) is 5.10 Å². The van der Waals surface area contributed by atoms with Crippen molar-refractivity contribution >= 4 is 28.6 Å². The van der Waals surface area contributed by atoms with Crippen molar-refractivity contribution < 1.29 is 4.79 Å². The van der Waals surface area contributed by atoms with Crippen LogP contribution in [0.5, 0.6) is 0 Å². The zero-order valence-electron chi connectivity index (χ0n) is 18.1. The molecule has 0 bridgehead atoms. The first-order valence-corrected chi connectivity index (χ1v) is 10.6. The summed E-state index contributed by atoms with van der Waals surface area (Å²) < 4.78 is 0. The highest BCUT2D eigenvalue weighted by Gasteiger charge is 2.35. The maximum absolute atomic E-state index is 12.5. The first-order chi connectivity index (χ1) is 14.4. The van der Waals surface area contributed by atoms with Gasteiger partial charge in [0.05, 0.1) is 6.21 Å². The Balaban J connectivity index is 1.50. The molecule has 0 radical (unpaired) electrons. The molecule has 1 aliphatic heterocycles. The second-order valence-electron chi connectivity index (χ2n) is 8.74. The summed E-state index contributed by atoms with van der Waals surface area (Å²) in [5.74, 6) is 0.278. The summed E-state index contributed by atoms with van der Waals surface area (Å²) in [7, 11) is 0. The summed E-state index contributed by atoms with van der Waals surface area (Å²) in [6, 6.07) is 20.1. The fourth-order valence-electron chi connectivity index (χ4n) is 4.75. The molecule has 3 aromatic rings. The van der Waals surface area contributed by atoms with Crippen LogP contribution >= 0.6 is 0 Å². The van der Waals surface area contributed by atoms with Crippen molar-refractivity contribution in [3.8, 4) is 0 Å². The number of benzene rings is 3. The van der Waals surface area contributed by atoms with E-state index in [1.807, 2.05) is 42.5 Å². The van der Waals surface area contributed by atoms with E-state index in [1.165, 1.54) is 11.3 Å². The molecule has 4 rings (SSSR count). The quantitative estimate of drug-likeness (QED) is 0.451. The van der Waals surface area contributed by atoms with Crippen molar-refractivity contribution in [1.82, 2.24) is 5.43 Å². The molecule has 4 heteroatoms. The SMILES string of the molecule is CCN1c2ccc(/C=N\NC(=O)c3ccc4ccccc4c3)cc2C(C)CC1(C)C. The summed E-state index contributed by atoms with van der Waals surface area (Å²) >= 11 is 0. The third-order valence-electron chi connectivity index (χ3n) is 6.12. The van der Waals surface area contributed by atoms with Crippen LogP contribution in [0.25, 0.3) is 10.8 Å². The van der Waals surface area contributed by atoms with Crippen LogP contribution in [-0.2, 0) is 0 Å². The highest BCUT2D eigenvalue weighted by molar-refractivity contribution is 5.99. The number of carbonyl (C=O) groups excluding carboxylic acids is 1. The first kappa shape index (κ1) is 20.1. The molecule has 1 heterocycles. The van der Waals surface area contributed by atoms with Gasteiger partial charge in [0.15, 0.2) is 0 Å². The van der Waals surface area contributed by atoms with Gasteiger partial charge in [0.2, 0.25) is 0 Å². The molecule has 0 spiro atoms. The highest BCUT2D eigenvalue weighted by atomic mass is 16.2. The molecule has 1 atom stereocenters. The molecule has 4 nitrogen and oxygen atoms in total. The van der Waals surface area contributed by atoms with Crippen LogP contribution in [0, 0.1) is 0 Å². The summed E-state index contributed by atoms with van der Waals surface area (Å²) in [6.07, 6.45) is 2.84. The standard InChI is InChI=1S/C26H29N3O/c1-5-29-24-13-10-19(14-23(24)18(2)16-26(29,3)4)17-27-28-25(30)22-12-11-20-8-6-7-9-21(20)15-22/h6-15,17-18H,5,16H2,1-4H3,(H,28,30)/b27-17-. The molecule has 0 aromatic heterocycles. The molecule has 0 aliphatic carbocycles. The molecule has 154 valence electrons. The van der Waals surface area contributed by atoms with Crippen LogP contribution in [0.4, 0.5) is 5.69 Å². The Bertz CT molecular complexity index is 1120. The van der Waals surface area contributed by atoms with Gasteiger partial charge in [-0.1, -0.05) is 43.3 Å². The van der Waals surface area contributed by atoms with Gasteiger partial charge >= 0.3 is 0 Å². The second-order valence-corrected chi connectivity index (χ2v) is 8.74. The minimum atomic E-state index is -0.206. The topological polar surface area (TPSA) is 44.7 Å². The Kier molecular flexibility index (Phi) is 5.33. The fraction of sp³-hybridized carbons (Fsp3) is 0.308. The maximum Gasteiger partial charge on any atom is 0.271 e. The molecule has 1 N–H and O–H groups in total. The molecular weight excluding hydrogens is 370 g/mol. The molecule has 1 amide bonds. The summed E-state index contributed by atoms with van der Waals surface area (Å²) in [4.78, 5) is 15.0. The van der Waals surface area contributed by atoms with Gasteiger partial charge in [-0.05, 0) is 79.3 Å². The lowest BCUT2D eigenvalue weighted by molar-refractivity contribution is 0.0955. The second kappa shape index (κ2) is 7.94. The Labute approximate surface area is 178 Å². The third kappa shape index (κ3) is 3.82. The van der Waals surface area contributed by atoms with Gasteiger partial charge in [0, 0.05) is 23.3 Å². The van der Waals surface area contributed by atoms with E-state index in [0.29, 0.717) is 11.5 Å². The number of rotatable bonds is 4. The molecule has 30 heavy (non-hydrogen) atoms. The predicted octanol–water partition coefficient (Wildman–Crippen LogP) is 5.72. The van der Waals surface area contributed by atoms with Crippen LogP contribution in [0.1, 0.15) is 61.5 Å². The average Bonchev–Trinajstić information content (AvgIpc) is 2.73. The molecule has 1 aliphatic rings. The average molecular weight is 400 g/mol. The van der Waals surface area contributed by atoms with E-state index in [2.05, 4.69) is 61.3 Å². The Hall–Kier alpha value is -3.14. The number of amides is 1. The van der Waals surface area contributed by atoms with Gasteiger partial charge in [-0.3, -0.25) is 4.79 Å². The predicted molar refractivity (Wildman–Crippen MR) is 126 cm³/mol. The zero-order chi connectivity index (χ0) is 21.3. The van der Waals surface area contributed by atoms with E-state index in [0.717, 1.165) is 29.3 Å². The zero-order valence-corrected chi connectivity index (χ0v) is 18.1. The van der Waals surface area contributed by atoms with Crippen molar-refractivity contribution in [1.29, 1.82) is 0 Å². The van der Waals surface area contributed by atoms with Crippen LogP contribution in [0.2, 0.25) is 0 Å². The smallest absolute Gasteiger partial charge is 0.271 e. The monoisotopic (exact) mass is 399 g/mol. The number of hydrogen-bond donors (Lipinski definition) is 1. The third-order valence-corrected chi connectivity index (χ3v) is 6.12. The normalized spacial score (nSPS) is 17.9. The van der Waals surface area contributed by atoms with Crippen LogP contribution in [-0.4, -0.2) is 24.2 Å². The lowest BCUT2D eigenvalue weighted by Crippen LogP contribution is -2.48. The summed E-state index contributed by atoms with van der Waals surface area (Å²) in [5.41, 5.74) is 7.06. The fourth-order valence-corrected chi connectivity index (χ4v) is 4.75. The minimum Gasteiger partial charge on any atom is -0.366 e. The number of hydrogen-bond acceptors (Lipinski definition) is 3. The number of nitrogens with one attached hydrogen (secondary N) is 1. The number of nitrogens with zero attached hydrogens (tertiary/aromatic N) is 2. The van der Waals surface area contributed by atoms with Crippen molar-refractivity contribution in [3.05, 3.63) is 77.4 Å².